The number of hydrogen-bond acceptors (Lipinski definition) is 3. The Hall–Kier alpha value is -0.380. The lowest BCUT2D eigenvalue weighted by Crippen LogP contribution is -2.59. The van der Waals surface area contributed by atoms with Gasteiger partial charge in [-0.05, 0) is 73.2 Å². The number of unbranched alkanes of at least 4 members (excludes halogenated alkanes) is 7. The van der Waals surface area contributed by atoms with E-state index in [9.17, 15) is 5.11 Å². The second kappa shape index (κ2) is 16.4. The molecule has 1 N–H and O–H groups in total. The summed E-state index contributed by atoms with van der Waals surface area (Å²) in [6.45, 7) is 32.6. The molecule has 2 aliphatic rings. The maximum atomic E-state index is 11.6. The van der Waals surface area contributed by atoms with Crippen molar-refractivity contribution in [3.8, 4) is 0 Å². The number of hydrogen-bond donors (Lipinski definition) is 1. The molecular formula is C40H78N2O. The van der Waals surface area contributed by atoms with Gasteiger partial charge in [0.15, 0.2) is 0 Å². The molecule has 2 atom stereocenters. The molecule has 43 heavy (non-hydrogen) atoms. The second-order valence-corrected chi connectivity index (χ2v) is 19.2. The van der Waals surface area contributed by atoms with Crippen molar-refractivity contribution >= 4 is 0 Å². The molecule has 0 saturated carbocycles. The molecule has 0 bridgehead atoms. The van der Waals surface area contributed by atoms with Crippen LogP contribution in [0.3, 0.4) is 0 Å². The van der Waals surface area contributed by atoms with Gasteiger partial charge in [0, 0.05) is 31.7 Å². The van der Waals surface area contributed by atoms with Crippen molar-refractivity contribution in [1.29, 1.82) is 0 Å². The fraction of sp³-hybridized carbons (Fsp3) is 0.950. The van der Waals surface area contributed by atoms with E-state index in [4.69, 9.17) is 0 Å². The van der Waals surface area contributed by atoms with E-state index in [2.05, 4.69) is 99.0 Å². The van der Waals surface area contributed by atoms with E-state index < -0.39 is 5.60 Å². The first-order valence-electron chi connectivity index (χ1n) is 18.6. The van der Waals surface area contributed by atoms with Gasteiger partial charge in [0.05, 0.1) is 5.60 Å². The lowest BCUT2D eigenvalue weighted by molar-refractivity contribution is -0.109. The SMILES string of the molecule is CC(C)(C)CCCCCCCN1CC=C(C(C)(C)C)CC1C(CCCCCCC(C)(C)C)N1CCC(O)(C(C)(C)C)CC1. The van der Waals surface area contributed by atoms with Crippen molar-refractivity contribution < 1.29 is 5.11 Å². The summed E-state index contributed by atoms with van der Waals surface area (Å²) in [6.07, 6.45) is 21.8. The van der Waals surface area contributed by atoms with Crippen LogP contribution in [0.2, 0.25) is 0 Å². The highest BCUT2D eigenvalue weighted by molar-refractivity contribution is 5.18. The zero-order valence-electron chi connectivity index (χ0n) is 31.5. The van der Waals surface area contributed by atoms with Gasteiger partial charge in [-0.25, -0.2) is 0 Å². The summed E-state index contributed by atoms with van der Waals surface area (Å²) in [5.41, 5.74) is 2.21. The van der Waals surface area contributed by atoms with Gasteiger partial charge >= 0.3 is 0 Å². The Balaban J connectivity index is 2.12. The third-order valence-electron chi connectivity index (χ3n) is 10.9. The minimum atomic E-state index is -0.545. The Morgan fingerprint density at radius 3 is 1.70 bits per heavy atom. The molecule has 0 aromatic carbocycles. The Morgan fingerprint density at radius 1 is 0.721 bits per heavy atom. The van der Waals surface area contributed by atoms with Crippen LogP contribution in [-0.4, -0.2) is 58.8 Å². The minimum absolute atomic E-state index is 0.0620. The van der Waals surface area contributed by atoms with Crippen LogP contribution in [-0.2, 0) is 0 Å². The molecule has 2 unspecified atom stereocenters. The van der Waals surface area contributed by atoms with E-state index >= 15 is 0 Å². The molecule has 254 valence electrons. The van der Waals surface area contributed by atoms with Crippen molar-refractivity contribution in [1.82, 2.24) is 9.80 Å². The number of piperidine rings is 1. The highest BCUT2D eigenvalue weighted by Gasteiger charge is 2.45. The molecule has 0 amide bonds. The normalized spacial score (nSPS) is 22.1. The molecule has 0 spiro atoms. The highest BCUT2D eigenvalue weighted by Crippen LogP contribution is 2.41. The third kappa shape index (κ3) is 13.9. The van der Waals surface area contributed by atoms with E-state index in [1.165, 1.54) is 90.0 Å². The zero-order valence-corrected chi connectivity index (χ0v) is 31.5. The molecule has 2 aliphatic heterocycles. The van der Waals surface area contributed by atoms with Crippen LogP contribution >= 0.6 is 0 Å². The standard InChI is InChI=1S/C40H78N2O/c1-36(2,3)24-19-15-13-17-21-28-41-29-23-33(38(7,8)9)32-35(41)34(22-18-14-16-20-25-37(4,5)6)42-30-26-40(43,27-31-42)39(10,11)12/h23,34-35,43H,13-22,24-32H2,1-12H3. The second-order valence-electron chi connectivity index (χ2n) is 19.2. The molecular weight excluding hydrogens is 524 g/mol. The first-order chi connectivity index (χ1) is 19.7. The lowest BCUT2D eigenvalue weighted by atomic mass is 9.70. The molecule has 0 aliphatic carbocycles. The largest absolute Gasteiger partial charge is 0.389 e. The van der Waals surface area contributed by atoms with Gasteiger partial charge < -0.3 is 5.11 Å². The zero-order chi connectivity index (χ0) is 32.5. The Kier molecular flexibility index (Phi) is 14.8. The van der Waals surface area contributed by atoms with Gasteiger partial charge in [0.1, 0.15) is 0 Å². The summed E-state index contributed by atoms with van der Waals surface area (Å²) in [7, 11) is 0. The quantitative estimate of drug-likeness (QED) is 0.149. The van der Waals surface area contributed by atoms with Gasteiger partial charge in [-0.1, -0.05) is 146 Å². The molecule has 3 nitrogen and oxygen atoms in total. The van der Waals surface area contributed by atoms with Crippen molar-refractivity contribution in [3.63, 3.8) is 0 Å². The van der Waals surface area contributed by atoms with E-state index in [0.717, 1.165) is 32.5 Å². The Labute approximate surface area is 271 Å². The molecule has 2 rings (SSSR count). The van der Waals surface area contributed by atoms with Gasteiger partial charge in [-0.2, -0.15) is 0 Å². The number of aliphatic hydroxyl groups is 1. The van der Waals surface area contributed by atoms with Crippen molar-refractivity contribution in [2.75, 3.05) is 26.2 Å². The van der Waals surface area contributed by atoms with Crippen LogP contribution in [0.15, 0.2) is 11.6 Å². The Bertz CT molecular complexity index is 807. The first-order valence-corrected chi connectivity index (χ1v) is 18.6. The van der Waals surface area contributed by atoms with Crippen molar-refractivity contribution in [2.45, 2.75) is 197 Å². The van der Waals surface area contributed by atoms with Crippen LogP contribution in [0.1, 0.15) is 179 Å². The van der Waals surface area contributed by atoms with Crippen LogP contribution in [0.5, 0.6) is 0 Å². The fourth-order valence-corrected chi connectivity index (χ4v) is 7.51. The van der Waals surface area contributed by atoms with Gasteiger partial charge in [0.25, 0.3) is 0 Å². The van der Waals surface area contributed by atoms with E-state index in [-0.39, 0.29) is 10.8 Å². The van der Waals surface area contributed by atoms with Gasteiger partial charge in [-0.15, -0.1) is 0 Å². The highest BCUT2D eigenvalue weighted by atomic mass is 16.3. The Morgan fingerprint density at radius 2 is 1.21 bits per heavy atom. The van der Waals surface area contributed by atoms with Crippen LogP contribution in [0, 0.1) is 21.7 Å². The summed E-state index contributed by atoms with van der Waals surface area (Å²) in [4.78, 5) is 5.70. The molecule has 2 heterocycles. The van der Waals surface area contributed by atoms with Crippen molar-refractivity contribution in [3.05, 3.63) is 11.6 Å². The average Bonchev–Trinajstić information content (AvgIpc) is 2.86. The fourth-order valence-electron chi connectivity index (χ4n) is 7.51. The summed E-state index contributed by atoms with van der Waals surface area (Å²) in [5, 5.41) is 11.6. The first kappa shape index (κ1) is 38.8. The predicted octanol–water partition coefficient (Wildman–Crippen LogP) is 11.0. The third-order valence-corrected chi connectivity index (χ3v) is 10.9. The molecule has 1 saturated heterocycles. The topological polar surface area (TPSA) is 26.7 Å². The minimum Gasteiger partial charge on any atom is -0.389 e. The lowest BCUT2D eigenvalue weighted by Gasteiger charge is -2.51. The number of likely N-dealkylation sites (tertiary alicyclic amines) is 1. The molecule has 0 aromatic heterocycles. The summed E-state index contributed by atoms with van der Waals surface area (Å²) < 4.78 is 0. The summed E-state index contributed by atoms with van der Waals surface area (Å²) >= 11 is 0. The van der Waals surface area contributed by atoms with Crippen molar-refractivity contribution in [2.24, 2.45) is 21.7 Å². The van der Waals surface area contributed by atoms with E-state index in [1.807, 2.05) is 0 Å². The van der Waals surface area contributed by atoms with E-state index in [1.54, 1.807) is 5.57 Å². The van der Waals surface area contributed by atoms with Gasteiger partial charge in [0.2, 0.25) is 0 Å². The maximum Gasteiger partial charge on any atom is 0.0720 e. The molecule has 1 fully saturated rings. The van der Waals surface area contributed by atoms with Gasteiger partial charge in [-0.3, -0.25) is 9.80 Å². The summed E-state index contributed by atoms with van der Waals surface area (Å²) in [6, 6.07) is 1.18. The smallest absolute Gasteiger partial charge is 0.0720 e. The molecule has 0 aromatic rings. The van der Waals surface area contributed by atoms with Crippen LogP contribution in [0.25, 0.3) is 0 Å². The number of nitrogens with zero attached hydrogens (tertiary/aromatic N) is 2. The monoisotopic (exact) mass is 603 g/mol. The predicted molar refractivity (Wildman–Crippen MR) is 191 cm³/mol. The molecule has 3 heteroatoms. The number of rotatable bonds is 15. The summed E-state index contributed by atoms with van der Waals surface area (Å²) in [5.74, 6) is 0. The van der Waals surface area contributed by atoms with Crippen LogP contribution in [0.4, 0.5) is 0 Å². The van der Waals surface area contributed by atoms with E-state index in [0.29, 0.717) is 22.9 Å². The maximum absolute atomic E-state index is 11.6. The van der Waals surface area contributed by atoms with Crippen LogP contribution < -0.4 is 0 Å². The average molecular weight is 603 g/mol. The molecule has 0 radical (unpaired) electrons.